The molecule has 1 aliphatic rings. The number of halogens is 3. The van der Waals surface area contributed by atoms with E-state index in [-0.39, 0.29) is 5.76 Å². The molecule has 0 atom stereocenters. The van der Waals surface area contributed by atoms with Gasteiger partial charge in [-0.2, -0.15) is 21.6 Å². The summed E-state index contributed by atoms with van der Waals surface area (Å²) in [5.41, 5.74) is -2.70. The zero-order valence-corrected chi connectivity index (χ0v) is 19.3. The lowest BCUT2D eigenvalue weighted by Gasteiger charge is -2.34. The molecule has 0 saturated carbocycles. The van der Waals surface area contributed by atoms with Crippen LogP contribution < -0.4 is 0 Å². The Morgan fingerprint density at radius 2 is 1.61 bits per heavy atom. The van der Waals surface area contributed by atoms with E-state index in [0.717, 1.165) is 5.56 Å². The van der Waals surface area contributed by atoms with E-state index in [9.17, 15) is 26.4 Å². The lowest BCUT2D eigenvalue weighted by molar-refractivity contribution is -0.0509. The third kappa shape index (κ3) is 5.13. The van der Waals surface area contributed by atoms with Gasteiger partial charge in [0.2, 0.25) is 0 Å². The molecule has 0 saturated heterocycles. The van der Waals surface area contributed by atoms with Crippen molar-refractivity contribution in [2.24, 2.45) is 0 Å². The van der Waals surface area contributed by atoms with Crippen LogP contribution in [0.4, 0.5) is 13.2 Å². The first-order valence-electron chi connectivity index (χ1n) is 9.97. The van der Waals surface area contributed by atoms with Crippen molar-refractivity contribution in [1.29, 1.82) is 0 Å². The van der Waals surface area contributed by atoms with Crippen LogP contribution in [0.25, 0.3) is 17.9 Å². The van der Waals surface area contributed by atoms with Gasteiger partial charge in [-0.1, -0.05) is 50.3 Å². The Hall–Kier alpha value is -3.07. The smallest absolute Gasteiger partial charge is 0.465 e. The Morgan fingerprint density at radius 1 is 1.03 bits per heavy atom. The number of benzene rings is 2. The average molecular weight is 481 g/mol. The third-order valence-corrected chi connectivity index (χ3v) is 6.34. The van der Waals surface area contributed by atoms with Crippen molar-refractivity contribution in [3.8, 4) is 0 Å². The fourth-order valence-corrected chi connectivity index (χ4v) is 4.37. The molecular weight excluding hydrogens is 457 g/mol. The molecule has 0 radical (unpaired) electrons. The molecule has 33 heavy (non-hydrogen) atoms. The summed E-state index contributed by atoms with van der Waals surface area (Å²) in [6, 6.07) is 11.8. The summed E-state index contributed by atoms with van der Waals surface area (Å²) in [6.07, 6.45) is 3.85. The lowest BCUT2D eigenvalue weighted by Crippen LogP contribution is -2.29. The topological polar surface area (TPSA) is 69.7 Å². The largest absolute Gasteiger partial charge is 0.534 e. The maximum absolute atomic E-state index is 13.0. The SMILES string of the molecule is COC(=O)c1ccc(/C=C/c2ccc3c(c2)C(OS(=O)(=O)C(F)(F)F)=C(C)CC3(C)C)cc1. The van der Waals surface area contributed by atoms with Crippen LogP contribution in [0.5, 0.6) is 0 Å². The van der Waals surface area contributed by atoms with Crippen LogP contribution in [0.15, 0.2) is 48.0 Å². The second-order valence-electron chi connectivity index (χ2n) is 8.41. The standard InChI is InChI=1S/C24H23F3O5S/c1-15-14-23(2,3)20-12-9-17(6-5-16-7-10-18(11-8-16)22(28)31-4)13-19(20)21(15)32-33(29,30)24(25,26)27/h5-13H,14H2,1-4H3/b6-5+. The number of carbonyl (C=O) groups is 1. The monoisotopic (exact) mass is 480 g/mol. The van der Waals surface area contributed by atoms with Crippen LogP contribution in [0.3, 0.4) is 0 Å². The molecule has 0 unspecified atom stereocenters. The fourth-order valence-electron chi connectivity index (χ4n) is 3.83. The number of carbonyl (C=O) groups excluding carboxylic acids is 1. The maximum atomic E-state index is 13.0. The van der Waals surface area contributed by atoms with Crippen molar-refractivity contribution < 1.29 is 35.3 Å². The van der Waals surface area contributed by atoms with E-state index < -0.39 is 27.0 Å². The summed E-state index contributed by atoms with van der Waals surface area (Å²) in [4.78, 5) is 11.5. The first-order chi connectivity index (χ1) is 15.2. The van der Waals surface area contributed by atoms with E-state index in [1.165, 1.54) is 7.11 Å². The quantitative estimate of drug-likeness (QED) is 0.230. The summed E-state index contributed by atoms with van der Waals surface area (Å²) in [5, 5.41) is 0. The number of alkyl halides is 3. The van der Waals surface area contributed by atoms with E-state index in [1.54, 1.807) is 61.5 Å². The molecular formula is C24H23F3O5S. The predicted octanol–water partition coefficient (Wildman–Crippen LogP) is 5.92. The van der Waals surface area contributed by atoms with E-state index in [0.29, 0.717) is 34.2 Å². The zero-order valence-electron chi connectivity index (χ0n) is 18.5. The number of esters is 1. The molecule has 0 bridgehead atoms. The van der Waals surface area contributed by atoms with Gasteiger partial charge in [0.05, 0.1) is 12.7 Å². The number of fused-ring (bicyclic) bond motifs is 1. The van der Waals surface area contributed by atoms with Crippen molar-refractivity contribution in [2.45, 2.75) is 38.1 Å². The van der Waals surface area contributed by atoms with E-state index in [2.05, 4.69) is 8.92 Å². The van der Waals surface area contributed by atoms with Crippen LogP contribution in [-0.2, 0) is 24.5 Å². The van der Waals surface area contributed by atoms with Gasteiger partial charge >= 0.3 is 21.6 Å². The van der Waals surface area contributed by atoms with Crippen LogP contribution in [0.2, 0.25) is 0 Å². The molecule has 3 rings (SSSR count). The first kappa shape index (κ1) is 24.6. The summed E-state index contributed by atoms with van der Waals surface area (Å²) >= 11 is 0. The van der Waals surface area contributed by atoms with Crippen LogP contribution in [0, 0.1) is 0 Å². The van der Waals surface area contributed by atoms with Crippen molar-refractivity contribution in [3.05, 3.63) is 75.9 Å². The van der Waals surface area contributed by atoms with Gasteiger partial charge in [0.1, 0.15) is 5.76 Å². The highest BCUT2D eigenvalue weighted by Gasteiger charge is 2.49. The minimum absolute atomic E-state index is 0.292. The molecule has 0 aromatic heterocycles. The third-order valence-electron chi connectivity index (χ3n) is 5.39. The van der Waals surface area contributed by atoms with Gasteiger partial charge < -0.3 is 8.92 Å². The molecule has 0 amide bonds. The Balaban J connectivity index is 1.98. The number of methoxy groups -OCH3 is 1. The van der Waals surface area contributed by atoms with Crippen molar-refractivity contribution in [2.75, 3.05) is 7.11 Å². The van der Waals surface area contributed by atoms with Gasteiger partial charge in [0.15, 0.2) is 0 Å². The number of hydrogen-bond donors (Lipinski definition) is 0. The maximum Gasteiger partial charge on any atom is 0.534 e. The minimum atomic E-state index is -5.81. The van der Waals surface area contributed by atoms with Crippen LogP contribution >= 0.6 is 0 Å². The Kier molecular flexibility index (Phi) is 6.48. The molecule has 0 N–H and O–H groups in total. The molecule has 5 nitrogen and oxygen atoms in total. The second-order valence-corrected chi connectivity index (χ2v) is 9.94. The Morgan fingerprint density at radius 3 is 2.18 bits per heavy atom. The number of rotatable bonds is 5. The molecule has 9 heteroatoms. The van der Waals surface area contributed by atoms with E-state index in [4.69, 9.17) is 0 Å². The molecule has 2 aromatic carbocycles. The highest BCUT2D eigenvalue weighted by atomic mass is 32.2. The van der Waals surface area contributed by atoms with Gasteiger partial charge in [-0.25, -0.2) is 4.79 Å². The van der Waals surface area contributed by atoms with Gasteiger partial charge in [0, 0.05) is 5.56 Å². The Bertz CT molecular complexity index is 1240. The van der Waals surface area contributed by atoms with Crippen molar-refractivity contribution in [3.63, 3.8) is 0 Å². The van der Waals surface area contributed by atoms with Gasteiger partial charge in [-0.3, -0.25) is 0 Å². The summed E-state index contributed by atoms with van der Waals surface area (Å²) < 4.78 is 71.5. The first-order valence-corrected chi connectivity index (χ1v) is 11.4. The highest BCUT2D eigenvalue weighted by molar-refractivity contribution is 7.87. The van der Waals surface area contributed by atoms with Crippen LogP contribution in [0.1, 0.15) is 59.8 Å². The molecule has 0 spiro atoms. The number of allylic oxidation sites excluding steroid dienone is 1. The molecule has 0 aliphatic heterocycles. The molecule has 0 fully saturated rings. The summed E-state index contributed by atoms with van der Waals surface area (Å²) in [7, 11) is -4.51. The Labute approximate surface area is 190 Å². The predicted molar refractivity (Wildman–Crippen MR) is 119 cm³/mol. The van der Waals surface area contributed by atoms with Crippen LogP contribution in [-0.4, -0.2) is 27.0 Å². The molecule has 1 aliphatic carbocycles. The lowest BCUT2D eigenvalue weighted by atomic mass is 9.72. The summed E-state index contributed by atoms with van der Waals surface area (Å²) in [5.74, 6) is -0.745. The average Bonchev–Trinajstić information content (AvgIpc) is 2.73. The zero-order chi connectivity index (χ0) is 24.6. The molecule has 176 valence electrons. The normalized spacial score (nSPS) is 16.0. The highest BCUT2D eigenvalue weighted by Crippen LogP contribution is 2.45. The second kappa shape index (κ2) is 8.70. The van der Waals surface area contributed by atoms with Crippen molar-refractivity contribution >= 4 is 34.0 Å². The van der Waals surface area contributed by atoms with E-state index in [1.807, 2.05) is 13.8 Å². The summed E-state index contributed by atoms with van der Waals surface area (Å²) in [6.45, 7) is 5.43. The van der Waals surface area contributed by atoms with E-state index >= 15 is 0 Å². The molecule has 2 aromatic rings. The molecule has 0 heterocycles. The number of ether oxygens (including phenoxy) is 1. The number of hydrogen-bond acceptors (Lipinski definition) is 5. The van der Waals surface area contributed by atoms with Gasteiger partial charge in [-0.15, -0.1) is 0 Å². The van der Waals surface area contributed by atoms with Gasteiger partial charge in [-0.05, 0) is 59.2 Å². The minimum Gasteiger partial charge on any atom is -0.465 e. The van der Waals surface area contributed by atoms with Crippen molar-refractivity contribution in [1.82, 2.24) is 0 Å². The fraction of sp³-hybridized carbons (Fsp3) is 0.292. The van der Waals surface area contributed by atoms with Gasteiger partial charge in [0.25, 0.3) is 0 Å².